The van der Waals surface area contributed by atoms with Crippen LogP contribution in [0.4, 0.5) is 11.4 Å². The van der Waals surface area contributed by atoms with Crippen LogP contribution in [0.5, 0.6) is 0 Å². The van der Waals surface area contributed by atoms with E-state index in [9.17, 15) is 0 Å². The molecule has 0 saturated heterocycles. The van der Waals surface area contributed by atoms with E-state index in [0.717, 1.165) is 16.6 Å². The van der Waals surface area contributed by atoms with Crippen molar-refractivity contribution in [1.29, 1.82) is 0 Å². The summed E-state index contributed by atoms with van der Waals surface area (Å²) in [5.41, 5.74) is 7.36. The molecule has 1 fully saturated rings. The Balaban J connectivity index is 2.04. The van der Waals surface area contributed by atoms with Crippen molar-refractivity contribution in [2.45, 2.75) is 32.2 Å². The Morgan fingerprint density at radius 3 is 2.80 bits per heavy atom. The van der Waals surface area contributed by atoms with Crippen molar-refractivity contribution < 1.29 is 0 Å². The van der Waals surface area contributed by atoms with Gasteiger partial charge in [-0.25, -0.2) is 0 Å². The fourth-order valence-electron chi connectivity index (χ4n) is 2.21. The molecule has 0 heterocycles. The molecule has 82 valence electrons. The molecule has 3 N–H and O–H groups in total. The zero-order valence-corrected chi connectivity index (χ0v) is 9.72. The molecule has 1 saturated carbocycles. The third-order valence-corrected chi connectivity index (χ3v) is 3.36. The normalized spacial score (nSPS) is 25.5. The van der Waals surface area contributed by atoms with E-state index < -0.39 is 0 Å². The Morgan fingerprint density at radius 2 is 2.20 bits per heavy atom. The van der Waals surface area contributed by atoms with Crippen LogP contribution in [0.2, 0.25) is 5.02 Å². The van der Waals surface area contributed by atoms with Gasteiger partial charge in [0.15, 0.2) is 0 Å². The van der Waals surface area contributed by atoms with Crippen molar-refractivity contribution in [3.8, 4) is 0 Å². The summed E-state index contributed by atoms with van der Waals surface area (Å²) in [6, 6.07) is 6.20. The molecule has 0 aromatic heterocycles. The molecule has 15 heavy (non-hydrogen) atoms. The number of nitrogen functional groups attached to an aromatic ring is 1. The van der Waals surface area contributed by atoms with Gasteiger partial charge in [-0.2, -0.15) is 0 Å². The van der Waals surface area contributed by atoms with Gasteiger partial charge in [0.05, 0.1) is 10.7 Å². The van der Waals surface area contributed by atoms with Crippen LogP contribution in [0.3, 0.4) is 0 Å². The van der Waals surface area contributed by atoms with Crippen molar-refractivity contribution in [3.05, 3.63) is 23.2 Å². The fourth-order valence-corrected chi connectivity index (χ4v) is 2.45. The Morgan fingerprint density at radius 1 is 1.40 bits per heavy atom. The van der Waals surface area contributed by atoms with Gasteiger partial charge in [0.1, 0.15) is 0 Å². The lowest BCUT2D eigenvalue weighted by Gasteiger charge is -2.15. The highest BCUT2D eigenvalue weighted by atomic mass is 35.5. The first-order valence-electron chi connectivity index (χ1n) is 5.46. The van der Waals surface area contributed by atoms with Crippen molar-refractivity contribution in [2.24, 2.45) is 5.92 Å². The molecule has 2 rings (SSSR count). The van der Waals surface area contributed by atoms with E-state index in [4.69, 9.17) is 17.3 Å². The summed E-state index contributed by atoms with van der Waals surface area (Å²) in [6.07, 6.45) is 3.78. The van der Waals surface area contributed by atoms with E-state index >= 15 is 0 Å². The second-order valence-electron chi connectivity index (χ2n) is 4.50. The maximum absolute atomic E-state index is 6.10. The first kappa shape index (κ1) is 10.6. The van der Waals surface area contributed by atoms with E-state index in [1.165, 1.54) is 19.3 Å². The van der Waals surface area contributed by atoms with Crippen molar-refractivity contribution in [2.75, 3.05) is 11.1 Å². The van der Waals surface area contributed by atoms with E-state index in [1.54, 1.807) is 6.07 Å². The van der Waals surface area contributed by atoms with E-state index in [0.29, 0.717) is 11.7 Å². The number of benzene rings is 1. The second-order valence-corrected chi connectivity index (χ2v) is 4.91. The third-order valence-electron chi connectivity index (χ3n) is 3.05. The highest BCUT2D eigenvalue weighted by Gasteiger charge is 2.21. The number of hydrogen-bond donors (Lipinski definition) is 2. The molecule has 0 amide bonds. The highest BCUT2D eigenvalue weighted by Crippen LogP contribution is 2.30. The zero-order chi connectivity index (χ0) is 10.8. The lowest BCUT2D eigenvalue weighted by atomic mass is 10.1. The first-order valence-corrected chi connectivity index (χ1v) is 5.84. The maximum atomic E-state index is 6.10. The van der Waals surface area contributed by atoms with Crippen LogP contribution in [0.1, 0.15) is 26.2 Å². The predicted octanol–water partition coefficient (Wildman–Crippen LogP) is 3.52. The average molecular weight is 225 g/mol. The number of halogens is 1. The molecule has 0 aliphatic heterocycles. The van der Waals surface area contributed by atoms with Crippen LogP contribution < -0.4 is 11.1 Å². The first-order chi connectivity index (χ1) is 7.15. The van der Waals surface area contributed by atoms with Crippen LogP contribution in [0.25, 0.3) is 0 Å². The van der Waals surface area contributed by atoms with Gasteiger partial charge in [-0.15, -0.1) is 0 Å². The minimum atomic E-state index is 0.570. The number of anilines is 2. The Hall–Kier alpha value is -0.890. The van der Waals surface area contributed by atoms with Crippen molar-refractivity contribution in [3.63, 3.8) is 0 Å². The summed E-state index contributed by atoms with van der Waals surface area (Å²) in [5, 5.41) is 4.20. The standard InChI is InChI=1S/C12H17ClN2/c1-8-2-4-10(6-8)15-12-5-3-9(14)7-11(12)13/h3,5,7-8,10,15H,2,4,6,14H2,1H3. The summed E-state index contributed by atoms with van der Waals surface area (Å²) in [6.45, 7) is 2.30. The van der Waals surface area contributed by atoms with Gasteiger partial charge in [-0.1, -0.05) is 18.5 Å². The predicted molar refractivity (Wildman–Crippen MR) is 66.3 cm³/mol. The van der Waals surface area contributed by atoms with Crippen molar-refractivity contribution >= 4 is 23.0 Å². The molecule has 1 aliphatic carbocycles. The molecule has 0 bridgehead atoms. The number of hydrogen-bond acceptors (Lipinski definition) is 2. The van der Waals surface area contributed by atoms with Gasteiger partial charge in [0.2, 0.25) is 0 Å². The summed E-state index contributed by atoms with van der Waals surface area (Å²) in [5.74, 6) is 0.829. The molecule has 0 radical (unpaired) electrons. The quantitative estimate of drug-likeness (QED) is 0.755. The number of nitrogens with two attached hydrogens (primary N) is 1. The summed E-state index contributed by atoms with van der Waals surface area (Å²) in [7, 11) is 0. The molecular weight excluding hydrogens is 208 g/mol. The summed E-state index contributed by atoms with van der Waals surface area (Å²) in [4.78, 5) is 0. The van der Waals surface area contributed by atoms with Gasteiger partial charge in [-0.3, -0.25) is 0 Å². The Kier molecular flexibility index (Phi) is 3.06. The largest absolute Gasteiger partial charge is 0.399 e. The second kappa shape index (κ2) is 4.31. The van der Waals surface area contributed by atoms with E-state index in [-0.39, 0.29) is 0 Å². The van der Waals surface area contributed by atoms with E-state index in [1.807, 2.05) is 12.1 Å². The van der Waals surface area contributed by atoms with Crippen LogP contribution >= 0.6 is 11.6 Å². The maximum Gasteiger partial charge on any atom is 0.0658 e. The van der Waals surface area contributed by atoms with Gasteiger partial charge in [0, 0.05) is 11.7 Å². The van der Waals surface area contributed by atoms with Crippen LogP contribution in [0, 0.1) is 5.92 Å². The molecule has 1 aliphatic rings. The van der Waals surface area contributed by atoms with Gasteiger partial charge in [-0.05, 0) is 43.4 Å². The molecule has 2 nitrogen and oxygen atoms in total. The highest BCUT2D eigenvalue weighted by molar-refractivity contribution is 6.33. The molecule has 3 heteroatoms. The van der Waals surface area contributed by atoms with Crippen LogP contribution in [-0.4, -0.2) is 6.04 Å². The zero-order valence-electron chi connectivity index (χ0n) is 8.96. The minimum absolute atomic E-state index is 0.570. The average Bonchev–Trinajstić information content (AvgIpc) is 2.56. The van der Waals surface area contributed by atoms with Gasteiger partial charge < -0.3 is 11.1 Å². The van der Waals surface area contributed by atoms with Crippen LogP contribution in [-0.2, 0) is 0 Å². The lowest BCUT2D eigenvalue weighted by molar-refractivity contribution is 0.602. The van der Waals surface area contributed by atoms with Gasteiger partial charge >= 0.3 is 0 Å². The molecule has 2 atom stereocenters. The molecule has 1 aromatic rings. The molecule has 2 unspecified atom stereocenters. The Bertz CT molecular complexity index is 351. The minimum Gasteiger partial charge on any atom is -0.399 e. The number of nitrogens with one attached hydrogen (secondary N) is 1. The van der Waals surface area contributed by atoms with E-state index in [2.05, 4.69) is 12.2 Å². The summed E-state index contributed by atoms with van der Waals surface area (Å²) < 4.78 is 0. The monoisotopic (exact) mass is 224 g/mol. The number of rotatable bonds is 2. The Labute approximate surface area is 95.8 Å². The SMILES string of the molecule is CC1CCC(Nc2ccc(N)cc2Cl)C1. The summed E-state index contributed by atoms with van der Waals surface area (Å²) >= 11 is 6.10. The van der Waals surface area contributed by atoms with Crippen LogP contribution in [0.15, 0.2) is 18.2 Å². The van der Waals surface area contributed by atoms with Crippen molar-refractivity contribution in [1.82, 2.24) is 0 Å². The molecule has 0 spiro atoms. The van der Waals surface area contributed by atoms with Gasteiger partial charge in [0.25, 0.3) is 0 Å². The molecular formula is C12H17ClN2. The third kappa shape index (κ3) is 2.57. The topological polar surface area (TPSA) is 38.0 Å². The lowest BCUT2D eigenvalue weighted by Crippen LogP contribution is -2.15. The fraction of sp³-hybridized carbons (Fsp3) is 0.500. The smallest absolute Gasteiger partial charge is 0.0658 e. The molecule has 1 aromatic carbocycles.